The fourth-order valence-electron chi connectivity index (χ4n) is 3.12. The molecule has 0 aliphatic rings. The van der Waals surface area contributed by atoms with E-state index in [1.54, 1.807) is 0 Å². The predicted molar refractivity (Wildman–Crippen MR) is 87.3 cm³/mol. The predicted octanol–water partition coefficient (Wildman–Crippen LogP) is 3.83. The lowest BCUT2D eigenvalue weighted by Gasteiger charge is -2.08. The first-order valence-electron chi connectivity index (χ1n) is 7.20. The van der Waals surface area contributed by atoms with Crippen LogP contribution < -0.4 is 0 Å². The van der Waals surface area contributed by atoms with Crippen LogP contribution in [0.4, 0.5) is 0 Å². The average Bonchev–Trinajstić information content (AvgIpc) is 3.23. The van der Waals surface area contributed by atoms with E-state index in [1.165, 1.54) is 5.39 Å². The number of fused-ring (bicyclic) bond motifs is 6. The van der Waals surface area contributed by atoms with Gasteiger partial charge < -0.3 is 0 Å². The molecule has 0 saturated carbocycles. The fourth-order valence-corrected chi connectivity index (χ4v) is 3.12. The minimum atomic E-state index is 0.941. The molecule has 0 aliphatic carbocycles. The number of hydrogen-bond donors (Lipinski definition) is 0. The smallest absolute Gasteiger partial charge is 0.148 e. The van der Waals surface area contributed by atoms with Gasteiger partial charge in [-0.2, -0.15) is 5.10 Å². The van der Waals surface area contributed by atoms with E-state index >= 15 is 0 Å². The van der Waals surface area contributed by atoms with Gasteiger partial charge in [-0.1, -0.05) is 36.4 Å². The average molecular weight is 284 g/mol. The highest BCUT2D eigenvalue weighted by molar-refractivity contribution is 6.10. The van der Waals surface area contributed by atoms with Crippen LogP contribution in [0.3, 0.4) is 0 Å². The Labute approximate surface area is 126 Å². The highest BCUT2D eigenvalue weighted by atomic mass is 15.3. The van der Waals surface area contributed by atoms with Crippen LogP contribution in [0.5, 0.6) is 0 Å². The number of nitrogens with zero attached hydrogens (tertiary/aromatic N) is 4. The van der Waals surface area contributed by atoms with E-state index in [1.807, 2.05) is 41.5 Å². The molecule has 2 aromatic carbocycles. The van der Waals surface area contributed by atoms with Crippen molar-refractivity contribution in [1.82, 2.24) is 19.2 Å². The Kier molecular flexibility index (Phi) is 2.19. The Morgan fingerprint density at radius 3 is 2.55 bits per heavy atom. The lowest BCUT2D eigenvalue weighted by Crippen LogP contribution is -1.97. The second kappa shape index (κ2) is 4.18. The number of rotatable bonds is 1. The van der Waals surface area contributed by atoms with Crippen molar-refractivity contribution in [3.8, 4) is 5.69 Å². The van der Waals surface area contributed by atoms with Gasteiger partial charge in [0.15, 0.2) is 0 Å². The molecular formula is C18H12N4. The highest BCUT2D eigenvalue weighted by Crippen LogP contribution is 2.30. The standard InChI is InChI=1S/C18H12N4/c1-2-6-13(7-3-1)22-17-14-8-4-5-9-16(14)21-11-10-19-18(21)15(17)12-20-22/h1-12H. The third-order valence-electron chi connectivity index (χ3n) is 4.07. The van der Waals surface area contributed by atoms with E-state index in [-0.39, 0.29) is 0 Å². The molecule has 0 atom stereocenters. The maximum Gasteiger partial charge on any atom is 0.148 e. The molecule has 0 saturated heterocycles. The molecule has 104 valence electrons. The molecule has 0 spiro atoms. The van der Waals surface area contributed by atoms with Crippen molar-refractivity contribution in [3.63, 3.8) is 0 Å². The van der Waals surface area contributed by atoms with Crippen LogP contribution >= 0.6 is 0 Å². The van der Waals surface area contributed by atoms with Gasteiger partial charge >= 0.3 is 0 Å². The molecule has 0 bridgehead atoms. The zero-order chi connectivity index (χ0) is 14.5. The zero-order valence-corrected chi connectivity index (χ0v) is 11.7. The monoisotopic (exact) mass is 284 g/mol. The lowest BCUT2D eigenvalue weighted by molar-refractivity contribution is 0.913. The van der Waals surface area contributed by atoms with Crippen molar-refractivity contribution in [3.05, 3.63) is 73.2 Å². The Morgan fingerprint density at radius 2 is 1.64 bits per heavy atom. The van der Waals surface area contributed by atoms with Crippen LogP contribution in [0, 0.1) is 0 Å². The number of imidazole rings is 1. The molecule has 4 nitrogen and oxygen atoms in total. The highest BCUT2D eigenvalue weighted by Gasteiger charge is 2.14. The first kappa shape index (κ1) is 11.5. The zero-order valence-electron chi connectivity index (χ0n) is 11.7. The SMILES string of the molecule is c1ccc(-n2ncc3c2c2ccccc2n2ccnc32)cc1. The summed E-state index contributed by atoms with van der Waals surface area (Å²) < 4.78 is 4.11. The summed E-state index contributed by atoms with van der Waals surface area (Å²) in [6.07, 6.45) is 5.73. The van der Waals surface area contributed by atoms with E-state index in [4.69, 9.17) is 0 Å². The van der Waals surface area contributed by atoms with Crippen LogP contribution in [0.25, 0.3) is 33.1 Å². The molecule has 4 heteroatoms. The van der Waals surface area contributed by atoms with Crippen molar-refractivity contribution >= 4 is 27.5 Å². The van der Waals surface area contributed by atoms with Crippen LogP contribution in [0.1, 0.15) is 0 Å². The number of para-hydroxylation sites is 2. The minimum absolute atomic E-state index is 0.941. The second-order valence-corrected chi connectivity index (χ2v) is 5.29. The van der Waals surface area contributed by atoms with Crippen molar-refractivity contribution < 1.29 is 0 Å². The van der Waals surface area contributed by atoms with Gasteiger partial charge in [0.2, 0.25) is 0 Å². The Balaban J connectivity index is 2.05. The number of pyridine rings is 1. The molecule has 22 heavy (non-hydrogen) atoms. The van der Waals surface area contributed by atoms with Gasteiger partial charge in [0.1, 0.15) is 5.65 Å². The molecule has 0 amide bonds. The number of hydrogen-bond acceptors (Lipinski definition) is 2. The van der Waals surface area contributed by atoms with Crippen molar-refractivity contribution in [2.75, 3.05) is 0 Å². The number of aromatic nitrogens is 4. The largest absolute Gasteiger partial charge is 0.299 e. The molecule has 0 fully saturated rings. The Bertz CT molecular complexity index is 1120. The van der Waals surface area contributed by atoms with Crippen LogP contribution in [-0.4, -0.2) is 19.2 Å². The molecule has 5 rings (SSSR count). The first-order chi connectivity index (χ1) is 10.9. The van der Waals surface area contributed by atoms with Crippen LogP contribution in [0.2, 0.25) is 0 Å². The molecule has 3 heterocycles. The quantitative estimate of drug-likeness (QED) is 0.469. The third kappa shape index (κ3) is 1.41. The van der Waals surface area contributed by atoms with Gasteiger partial charge in [0.05, 0.1) is 28.3 Å². The van der Waals surface area contributed by atoms with Gasteiger partial charge in [-0.05, 0) is 18.2 Å². The maximum absolute atomic E-state index is 4.61. The van der Waals surface area contributed by atoms with E-state index in [0.29, 0.717) is 0 Å². The Hall–Kier alpha value is -3.14. The summed E-state index contributed by atoms with van der Waals surface area (Å²) in [5.41, 5.74) is 4.23. The maximum atomic E-state index is 4.61. The third-order valence-corrected chi connectivity index (χ3v) is 4.07. The minimum Gasteiger partial charge on any atom is -0.299 e. The molecule has 0 N–H and O–H groups in total. The summed E-state index contributed by atoms with van der Waals surface area (Å²) in [5.74, 6) is 0. The van der Waals surface area contributed by atoms with E-state index < -0.39 is 0 Å². The van der Waals surface area contributed by atoms with Crippen LogP contribution in [-0.2, 0) is 0 Å². The van der Waals surface area contributed by atoms with Crippen LogP contribution in [0.15, 0.2) is 73.2 Å². The molecule has 3 aromatic heterocycles. The normalized spacial score (nSPS) is 11.6. The molecular weight excluding hydrogens is 272 g/mol. The molecule has 5 aromatic rings. The molecule has 0 unspecified atom stereocenters. The fraction of sp³-hybridized carbons (Fsp3) is 0. The summed E-state index contributed by atoms with van der Waals surface area (Å²) >= 11 is 0. The summed E-state index contributed by atoms with van der Waals surface area (Å²) in [4.78, 5) is 4.51. The van der Waals surface area contributed by atoms with Gasteiger partial charge in [0, 0.05) is 17.8 Å². The van der Waals surface area contributed by atoms with E-state index in [2.05, 4.69) is 50.9 Å². The van der Waals surface area contributed by atoms with Gasteiger partial charge in [-0.15, -0.1) is 0 Å². The summed E-state index contributed by atoms with van der Waals surface area (Å²) in [6.45, 7) is 0. The summed E-state index contributed by atoms with van der Waals surface area (Å²) in [7, 11) is 0. The van der Waals surface area contributed by atoms with Crippen molar-refractivity contribution in [1.29, 1.82) is 0 Å². The van der Waals surface area contributed by atoms with E-state index in [0.717, 1.165) is 27.8 Å². The Morgan fingerprint density at radius 1 is 0.818 bits per heavy atom. The topological polar surface area (TPSA) is 35.1 Å². The van der Waals surface area contributed by atoms with Gasteiger partial charge in [-0.25, -0.2) is 9.67 Å². The summed E-state index contributed by atoms with van der Waals surface area (Å²) in [6, 6.07) is 18.6. The van der Waals surface area contributed by atoms with Gasteiger partial charge in [-0.3, -0.25) is 4.40 Å². The van der Waals surface area contributed by atoms with Gasteiger partial charge in [0.25, 0.3) is 0 Å². The van der Waals surface area contributed by atoms with Crippen molar-refractivity contribution in [2.45, 2.75) is 0 Å². The van der Waals surface area contributed by atoms with E-state index in [9.17, 15) is 0 Å². The second-order valence-electron chi connectivity index (χ2n) is 5.29. The molecule has 0 radical (unpaired) electrons. The number of benzene rings is 2. The lowest BCUT2D eigenvalue weighted by atomic mass is 10.1. The first-order valence-corrected chi connectivity index (χ1v) is 7.20. The molecule has 0 aliphatic heterocycles. The summed E-state index contributed by atoms with van der Waals surface area (Å²) in [5, 5.41) is 6.84. The van der Waals surface area contributed by atoms with Crippen molar-refractivity contribution in [2.24, 2.45) is 0 Å².